The summed E-state index contributed by atoms with van der Waals surface area (Å²) in [4.78, 5) is 0. The van der Waals surface area contributed by atoms with Gasteiger partial charge >= 0.3 is 0 Å². The van der Waals surface area contributed by atoms with Gasteiger partial charge in [0.2, 0.25) is 0 Å². The van der Waals surface area contributed by atoms with Gasteiger partial charge in [0.1, 0.15) is 5.75 Å². The summed E-state index contributed by atoms with van der Waals surface area (Å²) in [7, 11) is 0. The molecule has 0 spiro atoms. The number of ether oxygens (including phenoxy) is 1. The fourth-order valence-electron chi connectivity index (χ4n) is 1.67. The molecule has 0 atom stereocenters. The summed E-state index contributed by atoms with van der Waals surface area (Å²) in [5, 5.41) is 7.20. The molecular weight excluding hydrogens is 200 g/mol. The first kappa shape index (κ1) is 11.0. The van der Waals surface area contributed by atoms with Crippen LogP contribution in [-0.2, 0) is 6.42 Å². The number of nitrogens with two attached hydrogens (primary N) is 1. The second-order valence-corrected chi connectivity index (χ2v) is 4.43. The van der Waals surface area contributed by atoms with E-state index in [1.54, 1.807) is 0 Å². The van der Waals surface area contributed by atoms with Crippen molar-refractivity contribution in [2.45, 2.75) is 25.7 Å². The van der Waals surface area contributed by atoms with Crippen molar-refractivity contribution in [3.63, 3.8) is 0 Å². The molecular formula is C13H18N2O. The Balaban J connectivity index is 1.78. The van der Waals surface area contributed by atoms with Crippen LogP contribution in [0.5, 0.6) is 5.75 Å². The van der Waals surface area contributed by atoms with Crippen LogP contribution in [0.1, 0.15) is 24.8 Å². The van der Waals surface area contributed by atoms with Crippen LogP contribution in [0.2, 0.25) is 0 Å². The molecule has 0 radical (unpaired) electrons. The van der Waals surface area contributed by atoms with E-state index in [0.29, 0.717) is 6.42 Å². The van der Waals surface area contributed by atoms with Crippen LogP contribution in [0.3, 0.4) is 0 Å². The van der Waals surface area contributed by atoms with E-state index in [0.717, 1.165) is 23.8 Å². The fourth-order valence-corrected chi connectivity index (χ4v) is 1.67. The summed E-state index contributed by atoms with van der Waals surface area (Å²) in [6, 6.07) is 7.83. The molecule has 0 amide bonds. The first-order valence-electron chi connectivity index (χ1n) is 5.78. The van der Waals surface area contributed by atoms with E-state index in [-0.39, 0.29) is 5.84 Å². The number of nitrogens with one attached hydrogen (secondary N) is 1. The third-order valence-electron chi connectivity index (χ3n) is 2.81. The van der Waals surface area contributed by atoms with Gasteiger partial charge in [0.25, 0.3) is 0 Å². The normalized spacial score (nSPS) is 14.8. The Labute approximate surface area is 96.1 Å². The molecule has 0 aliphatic heterocycles. The van der Waals surface area contributed by atoms with Crippen LogP contribution >= 0.6 is 0 Å². The molecule has 1 aromatic rings. The lowest BCUT2D eigenvalue weighted by atomic mass is 10.1. The molecule has 0 unspecified atom stereocenters. The van der Waals surface area contributed by atoms with Crippen molar-refractivity contribution >= 4 is 5.84 Å². The van der Waals surface area contributed by atoms with E-state index >= 15 is 0 Å². The minimum Gasteiger partial charge on any atom is -0.494 e. The predicted molar refractivity (Wildman–Crippen MR) is 64.9 cm³/mol. The minimum absolute atomic E-state index is 0.197. The standard InChI is InChI=1S/C13H18N2O/c14-13(15)9-11-3-5-12(6-4-11)16-8-7-10-1-2-10/h3-6,10H,1-2,7-9H2,(H3,14,15). The number of hydrogen-bond donors (Lipinski definition) is 2. The summed E-state index contributed by atoms with van der Waals surface area (Å²) in [6.45, 7) is 0.816. The van der Waals surface area contributed by atoms with Crippen molar-refractivity contribution in [2.75, 3.05) is 6.61 Å². The number of benzene rings is 1. The molecule has 1 aromatic carbocycles. The largest absolute Gasteiger partial charge is 0.494 e. The Morgan fingerprint density at radius 2 is 2.00 bits per heavy atom. The van der Waals surface area contributed by atoms with Crippen LogP contribution in [0.4, 0.5) is 0 Å². The van der Waals surface area contributed by atoms with Crippen molar-refractivity contribution in [1.29, 1.82) is 5.41 Å². The molecule has 1 aliphatic rings. The lowest BCUT2D eigenvalue weighted by molar-refractivity contribution is 0.302. The maximum Gasteiger partial charge on any atom is 0.119 e. The van der Waals surface area contributed by atoms with Crippen LogP contribution in [0.25, 0.3) is 0 Å². The SMILES string of the molecule is N=C(N)Cc1ccc(OCCC2CC2)cc1. The average Bonchev–Trinajstić information content (AvgIpc) is 3.04. The second-order valence-electron chi connectivity index (χ2n) is 4.43. The van der Waals surface area contributed by atoms with Gasteiger partial charge in [0, 0.05) is 6.42 Å². The molecule has 16 heavy (non-hydrogen) atoms. The smallest absolute Gasteiger partial charge is 0.119 e. The quantitative estimate of drug-likeness (QED) is 0.568. The highest BCUT2D eigenvalue weighted by Gasteiger charge is 2.20. The van der Waals surface area contributed by atoms with Crippen LogP contribution in [0.15, 0.2) is 24.3 Å². The number of amidine groups is 1. The van der Waals surface area contributed by atoms with Gasteiger partial charge < -0.3 is 10.5 Å². The van der Waals surface area contributed by atoms with Gasteiger partial charge in [0.05, 0.1) is 12.4 Å². The van der Waals surface area contributed by atoms with Gasteiger partial charge in [-0.2, -0.15) is 0 Å². The van der Waals surface area contributed by atoms with Gasteiger partial charge in [-0.3, -0.25) is 5.41 Å². The van der Waals surface area contributed by atoms with E-state index in [4.69, 9.17) is 15.9 Å². The molecule has 0 bridgehead atoms. The Kier molecular flexibility index (Phi) is 3.44. The predicted octanol–water partition coefficient (Wildman–Crippen LogP) is 2.34. The van der Waals surface area contributed by atoms with Gasteiger partial charge in [0.15, 0.2) is 0 Å². The van der Waals surface area contributed by atoms with Gasteiger partial charge in [-0.25, -0.2) is 0 Å². The van der Waals surface area contributed by atoms with Crippen molar-refractivity contribution in [1.82, 2.24) is 0 Å². The monoisotopic (exact) mass is 218 g/mol. The summed E-state index contributed by atoms with van der Waals surface area (Å²) in [5.41, 5.74) is 6.39. The van der Waals surface area contributed by atoms with E-state index in [9.17, 15) is 0 Å². The number of rotatable bonds is 6. The average molecular weight is 218 g/mol. The van der Waals surface area contributed by atoms with Crippen LogP contribution < -0.4 is 10.5 Å². The third-order valence-corrected chi connectivity index (χ3v) is 2.81. The molecule has 86 valence electrons. The van der Waals surface area contributed by atoms with E-state index in [1.165, 1.54) is 19.3 Å². The highest BCUT2D eigenvalue weighted by atomic mass is 16.5. The summed E-state index contributed by atoms with van der Waals surface area (Å²) < 4.78 is 5.63. The Hall–Kier alpha value is -1.51. The lowest BCUT2D eigenvalue weighted by Gasteiger charge is -2.06. The summed E-state index contributed by atoms with van der Waals surface area (Å²) >= 11 is 0. The number of hydrogen-bond acceptors (Lipinski definition) is 2. The summed E-state index contributed by atoms with van der Waals surface area (Å²) in [6.07, 6.45) is 4.44. The fraction of sp³-hybridized carbons (Fsp3) is 0.462. The lowest BCUT2D eigenvalue weighted by Crippen LogP contribution is -2.12. The molecule has 0 heterocycles. The van der Waals surface area contributed by atoms with E-state index < -0.39 is 0 Å². The minimum atomic E-state index is 0.197. The van der Waals surface area contributed by atoms with Gasteiger partial charge in [-0.1, -0.05) is 25.0 Å². The summed E-state index contributed by atoms with van der Waals surface area (Å²) in [5.74, 6) is 2.02. The first-order chi connectivity index (χ1) is 7.74. The third kappa shape index (κ3) is 3.57. The Morgan fingerprint density at radius 1 is 1.31 bits per heavy atom. The molecule has 3 heteroatoms. The van der Waals surface area contributed by atoms with Crippen LogP contribution in [0, 0.1) is 11.3 Å². The van der Waals surface area contributed by atoms with E-state index in [1.807, 2.05) is 24.3 Å². The van der Waals surface area contributed by atoms with Crippen molar-refractivity contribution < 1.29 is 4.74 Å². The molecule has 1 saturated carbocycles. The first-order valence-corrected chi connectivity index (χ1v) is 5.78. The highest BCUT2D eigenvalue weighted by molar-refractivity contribution is 5.79. The molecule has 0 saturated heterocycles. The zero-order valence-electron chi connectivity index (χ0n) is 9.41. The van der Waals surface area contributed by atoms with Crippen molar-refractivity contribution in [3.05, 3.63) is 29.8 Å². The van der Waals surface area contributed by atoms with Gasteiger partial charge in [-0.05, 0) is 30.0 Å². The topological polar surface area (TPSA) is 59.1 Å². The van der Waals surface area contributed by atoms with Crippen molar-refractivity contribution in [3.8, 4) is 5.75 Å². The molecule has 1 aliphatic carbocycles. The molecule has 0 aromatic heterocycles. The van der Waals surface area contributed by atoms with Crippen molar-refractivity contribution in [2.24, 2.45) is 11.7 Å². The molecule has 2 rings (SSSR count). The Bertz CT molecular complexity index is 355. The van der Waals surface area contributed by atoms with Gasteiger partial charge in [-0.15, -0.1) is 0 Å². The van der Waals surface area contributed by atoms with Crippen LogP contribution in [-0.4, -0.2) is 12.4 Å². The second kappa shape index (κ2) is 5.01. The highest BCUT2D eigenvalue weighted by Crippen LogP contribution is 2.32. The maximum absolute atomic E-state index is 7.20. The molecule has 1 fully saturated rings. The maximum atomic E-state index is 7.20. The molecule has 3 nitrogen and oxygen atoms in total. The molecule has 3 N–H and O–H groups in total. The zero-order chi connectivity index (χ0) is 11.4. The van der Waals surface area contributed by atoms with E-state index in [2.05, 4.69) is 0 Å². The Morgan fingerprint density at radius 3 is 2.56 bits per heavy atom. The zero-order valence-corrected chi connectivity index (χ0v) is 9.41.